The predicted octanol–water partition coefficient (Wildman–Crippen LogP) is 3.30. The van der Waals surface area contributed by atoms with E-state index in [0.717, 1.165) is 24.7 Å². The van der Waals surface area contributed by atoms with Gasteiger partial charge in [-0.1, -0.05) is 0 Å². The summed E-state index contributed by atoms with van der Waals surface area (Å²) >= 11 is 0. The Morgan fingerprint density at radius 1 is 1.30 bits per heavy atom. The summed E-state index contributed by atoms with van der Waals surface area (Å²) in [5.41, 5.74) is 0.503. The van der Waals surface area contributed by atoms with Crippen LogP contribution < -0.4 is 0 Å². The zero-order valence-corrected chi connectivity index (χ0v) is 15.2. The van der Waals surface area contributed by atoms with Crippen LogP contribution in [-0.4, -0.2) is 55.2 Å². The third-order valence-corrected chi connectivity index (χ3v) is 5.77. The minimum Gasteiger partial charge on any atom is -0.465 e. The molecule has 2 saturated heterocycles. The number of likely N-dealkylation sites (tertiary alicyclic amines) is 2. The van der Waals surface area contributed by atoms with Gasteiger partial charge in [-0.2, -0.15) is 0 Å². The molecular formula is C19H32N2O2. The van der Waals surface area contributed by atoms with Crippen LogP contribution in [0.3, 0.4) is 0 Å². The second kappa shape index (κ2) is 6.96. The van der Waals surface area contributed by atoms with Crippen LogP contribution in [-0.2, 0) is 11.3 Å². The van der Waals surface area contributed by atoms with E-state index < -0.39 is 0 Å². The van der Waals surface area contributed by atoms with Crippen molar-refractivity contribution in [1.82, 2.24) is 9.80 Å². The van der Waals surface area contributed by atoms with Crippen molar-refractivity contribution in [3.63, 3.8) is 0 Å². The lowest BCUT2D eigenvalue weighted by molar-refractivity contribution is 0.0892. The van der Waals surface area contributed by atoms with Crippen LogP contribution >= 0.6 is 0 Å². The van der Waals surface area contributed by atoms with Crippen molar-refractivity contribution in [3.8, 4) is 0 Å². The van der Waals surface area contributed by atoms with Gasteiger partial charge in [0.1, 0.15) is 11.5 Å². The van der Waals surface area contributed by atoms with Crippen molar-refractivity contribution in [2.45, 2.75) is 58.7 Å². The Morgan fingerprint density at radius 2 is 2.04 bits per heavy atom. The van der Waals surface area contributed by atoms with Crippen molar-refractivity contribution in [2.24, 2.45) is 5.41 Å². The van der Waals surface area contributed by atoms with Crippen LogP contribution in [0.25, 0.3) is 0 Å². The van der Waals surface area contributed by atoms with Crippen molar-refractivity contribution in [3.05, 3.63) is 23.7 Å². The number of ether oxygens (including phenoxy) is 1. The third-order valence-electron chi connectivity index (χ3n) is 5.77. The minimum atomic E-state index is 0.503. The Balaban J connectivity index is 1.57. The summed E-state index contributed by atoms with van der Waals surface area (Å²) in [6, 6.07) is 5.38. The summed E-state index contributed by atoms with van der Waals surface area (Å²) in [5.74, 6) is 2.12. The van der Waals surface area contributed by atoms with Crippen LogP contribution in [0.4, 0.5) is 0 Å². The van der Waals surface area contributed by atoms with E-state index >= 15 is 0 Å². The SMILES string of the molecule is COCC1CC2(CCN(Cc3ccc(C)o3)CC2)CN1C(C)C. The molecule has 0 aliphatic carbocycles. The van der Waals surface area contributed by atoms with Gasteiger partial charge >= 0.3 is 0 Å². The number of rotatable bonds is 5. The number of piperidine rings is 1. The fraction of sp³-hybridized carbons (Fsp3) is 0.789. The average molecular weight is 320 g/mol. The van der Waals surface area contributed by atoms with Gasteiger partial charge in [0.2, 0.25) is 0 Å². The normalized spacial score (nSPS) is 25.7. The van der Waals surface area contributed by atoms with Gasteiger partial charge in [-0.3, -0.25) is 9.80 Å². The summed E-state index contributed by atoms with van der Waals surface area (Å²) < 4.78 is 11.2. The molecule has 1 aromatic heterocycles. The van der Waals surface area contributed by atoms with E-state index in [2.05, 4.69) is 35.8 Å². The molecule has 23 heavy (non-hydrogen) atoms. The van der Waals surface area contributed by atoms with E-state index in [0.29, 0.717) is 17.5 Å². The van der Waals surface area contributed by atoms with Crippen molar-refractivity contribution < 1.29 is 9.15 Å². The quantitative estimate of drug-likeness (QED) is 0.832. The second-order valence-electron chi connectivity index (χ2n) is 7.87. The first-order valence-electron chi connectivity index (χ1n) is 9.04. The molecule has 3 heterocycles. The van der Waals surface area contributed by atoms with Crippen LogP contribution in [0.1, 0.15) is 44.6 Å². The Hall–Kier alpha value is -0.840. The highest BCUT2D eigenvalue weighted by Crippen LogP contribution is 2.44. The van der Waals surface area contributed by atoms with Gasteiger partial charge in [0.25, 0.3) is 0 Å². The predicted molar refractivity (Wildman–Crippen MR) is 92.5 cm³/mol. The topological polar surface area (TPSA) is 28.9 Å². The molecule has 4 heteroatoms. The Morgan fingerprint density at radius 3 is 2.61 bits per heavy atom. The fourth-order valence-corrected chi connectivity index (χ4v) is 4.49. The molecule has 4 nitrogen and oxygen atoms in total. The zero-order valence-electron chi connectivity index (χ0n) is 15.2. The minimum absolute atomic E-state index is 0.503. The van der Waals surface area contributed by atoms with Crippen molar-refractivity contribution >= 4 is 0 Å². The smallest absolute Gasteiger partial charge is 0.118 e. The summed E-state index contributed by atoms with van der Waals surface area (Å²) in [6.07, 6.45) is 3.90. The Labute approximate surface area is 140 Å². The monoisotopic (exact) mass is 320 g/mol. The maximum Gasteiger partial charge on any atom is 0.118 e. The first-order valence-corrected chi connectivity index (χ1v) is 9.04. The number of methoxy groups -OCH3 is 1. The molecule has 1 atom stereocenters. The summed E-state index contributed by atoms with van der Waals surface area (Å²) in [5, 5.41) is 0. The first-order chi connectivity index (χ1) is 11.0. The standard InChI is InChI=1S/C19H32N2O2/c1-15(2)21-14-19(11-17(21)13-22-4)7-9-20(10-8-19)12-18-6-5-16(3)23-18/h5-6,15,17H,7-14H2,1-4H3. The van der Waals surface area contributed by atoms with E-state index in [1.807, 2.05) is 14.0 Å². The molecule has 0 N–H and O–H groups in total. The van der Waals surface area contributed by atoms with Crippen LogP contribution in [0.15, 0.2) is 16.5 Å². The van der Waals surface area contributed by atoms with Gasteiger partial charge < -0.3 is 9.15 Å². The van der Waals surface area contributed by atoms with Gasteiger partial charge in [-0.25, -0.2) is 0 Å². The molecule has 2 aliphatic heterocycles. The van der Waals surface area contributed by atoms with E-state index in [1.54, 1.807) is 0 Å². The maximum atomic E-state index is 5.73. The van der Waals surface area contributed by atoms with Crippen molar-refractivity contribution in [1.29, 1.82) is 0 Å². The van der Waals surface area contributed by atoms with Crippen LogP contribution in [0.5, 0.6) is 0 Å². The fourth-order valence-electron chi connectivity index (χ4n) is 4.49. The number of hydrogen-bond donors (Lipinski definition) is 0. The molecule has 0 aromatic carbocycles. The number of furan rings is 1. The van der Waals surface area contributed by atoms with E-state index in [4.69, 9.17) is 9.15 Å². The second-order valence-corrected chi connectivity index (χ2v) is 7.87. The number of aryl methyl sites for hydroxylation is 1. The molecule has 0 saturated carbocycles. The summed E-state index contributed by atoms with van der Waals surface area (Å²) in [7, 11) is 1.83. The van der Waals surface area contributed by atoms with E-state index in [-0.39, 0.29) is 0 Å². The lowest BCUT2D eigenvalue weighted by Crippen LogP contribution is -2.42. The van der Waals surface area contributed by atoms with Gasteiger partial charge in [-0.05, 0) is 70.7 Å². The van der Waals surface area contributed by atoms with E-state index in [9.17, 15) is 0 Å². The molecule has 2 fully saturated rings. The lowest BCUT2D eigenvalue weighted by atomic mass is 9.76. The zero-order chi connectivity index (χ0) is 16.4. The largest absolute Gasteiger partial charge is 0.465 e. The summed E-state index contributed by atoms with van der Waals surface area (Å²) in [6.45, 7) is 12.1. The molecule has 0 bridgehead atoms. The van der Waals surface area contributed by atoms with Gasteiger partial charge in [0.15, 0.2) is 0 Å². The average Bonchev–Trinajstić information content (AvgIpc) is 3.07. The summed E-state index contributed by atoms with van der Waals surface area (Å²) in [4.78, 5) is 5.21. The van der Waals surface area contributed by atoms with Gasteiger partial charge in [0.05, 0.1) is 13.2 Å². The lowest BCUT2D eigenvalue weighted by Gasteiger charge is -2.39. The van der Waals surface area contributed by atoms with Gasteiger partial charge in [-0.15, -0.1) is 0 Å². The number of nitrogens with zero attached hydrogens (tertiary/aromatic N) is 2. The Bertz CT molecular complexity index is 503. The molecule has 130 valence electrons. The molecule has 1 unspecified atom stereocenters. The van der Waals surface area contributed by atoms with E-state index in [1.165, 1.54) is 38.9 Å². The Kier molecular flexibility index (Phi) is 5.14. The molecule has 0 amide bonds. The molecule has 1 spiro atoms. The molecule has 3 rings (SSSR count). The third kappa shape index (κ3) is 3.81. The molecule has 0 radical (unpaired) electrons. The highest BCUT2D eigenvalue weighted by atomic mass is 16.5. The maximum absolute atomic E-state index is 5.73. The number of hydrogen-bond acceptors (Lipinski definition) is 4. The molecule has 2 aliphatic rings. The highest BCUT2D eigenvalue weighted by Gasteiger charge is 2.46. The van der Waals surface area contributed by atoms with Crippen LogP contribution in [0, 0.1) is 12.3 Å². The van der Waals surface area contributed by atoms with Crippen LogP contribution in [0.2, 0.25) is 0 Å². The first kappa shape index (κ1) is 17.0. The van der Waals surface area contributed by atoms with Crippen molar-refractivity contribution in [2.75, 3.05) is 33.4 Å². The van der Waals surface area contributed by atoms with Gasteiger partial charge in [0, 0.05) is 25.7 Å². The molecule has 1 aromatic rings. The highest BCUT2D eigenvalue weighted by molar-refractivity contribution is 5.06. The molecular weight excluding hydrogens is 288 g/mol.